The number of nitro groups is 1. The van der Waals surface area contributed by atoms with Crippen LogP contribution < -0.4 is 5.32 Å². The number of amides is 1. The van der Waals surface area contributed by atoms with Crippen molar-refractivity contribution in [1.29, 1.82) is 0 Å². The van der Waals surface area contributed by atoms with E-state index in [4.69, 9.17) is 0 Å². The van der Waals surface area contributed by atoms with Crippen LogP contribution in [0.3, 0.4) is 0 Å². The van der Waals surface area contributed by atoms with Gasteiger partial charge in [0, 0.05) is 24.2 Å². The highest BCUT2D eigenvalue weighted by Crippen LogP contribution is 2.26. The van der Waals surface area contributed by atoms with Crippen molar-refractivity contribution in [1.82, 2.24) is 9.88 Å². The number of hydrogen-bond donors (Lipinski definition) is 1. The van der Waals surface area contributed by atoms with E-state index in [0.717, 1.165) is 5.39 Å². The van der Waals surface area contributed by atoms with Crippen LogP contribution in [0.1, 0.15) is 13.8 Å². The lowest BCUT2D eigenvalue weighted by atomic mass is 10.2. The van der Waals surface area contributed by atoms with E-state index in [-0.39, 0.29) is 18.1 Å². The lowest BCUT2D eigenvalue weighted by molar-refractivity contribution is -0.383. The molecule has 0 saturated heterocycles. The van der Waals surface area contributed by atoms with Crippen molar-refractivity contribution >= 4 is 22.5 Å². The monoisotopic (exact) mass is 275 g/mol. The van der Waals surface area contributed by atoms with Gasteiger partial charge in [-0.25, -0.2) is 0 Å². The Morgan fingerprint density at radius 2 is 2.15 bits per heavy atom. The van der Waals surface area contributed by atoms with Crippen LogP contribution >= 0.6 is 0 Å². The second kappa shape index (κ2) is 5.73. The molecule has 1 heterocycles. The number of nitrogens with zero attached hydrogens (tertiary/aromatic N) is 2. The van der Waals surface area contributed by atoms with Gasteiger partial charge in [-0.2, -0.15) is 0 Å². The second-order valence-electron chi connectivity index (χ2n) is 5.11. The first-order chi connectivity index (χ1) is 9.49. The number of carbonyl (C=O) groups is 1. The van der Waals surface area contributed by atoms with Gasteiger partial charge in [0.15, 0.2) is 0 Å². The molecule has 0 aliphatic rings. The largest absolute Gasteiger partial charge is 0.354 e. The van der Waals surface area contributed by atoms with Crippen LogP contribution in [0, 0.1) is 16.0 Å². The Hall–Kier alpha value is -2.37. The minimum Gasteiger partial charge on any atom is -0.354 e. The molecule has 6 nitrogen and oxygen atoms in total. The number of rotatable bonds is 5. The first kappa shape index (κ1) is 14.0. The predicted molar refractivity (Wildman–Crippen MR) is 76.4 cm³/mol. The number of para-hydroxylation sites is 1. The average molecular weight is 275 g/mol. The smallest absolute Gasteiger partial charge is 0.293 e. The normalized spacial score (nSPS) is 10.9. The third kappa shape index (κ3) is 2.96. The maximum absolute atomic E-state index is 11.8. The number of non-ortho nitro benzene ring substituents is 1. The zero-order valence-corrected chi connectivity index (χ0v) is 11.5. The topological polar surface area (TPSA) is 77.2 Å². The molecule has 0 unspecified atom stereocenters. The zero-order valence-electron chi connectivity index (χ0n) is 11.5. The molecule has 0 aliphatic carbocycles. The van der Waals surface area contributed by atoms with Crippen LogP contribution in [-0.2, 0) is 11.3 Å². The average Bonchev–Trinajstić information content (AvgIpc) is 2.79. The summed E-state index contributed by atoms with van der Waals surface area (Å²) in [5.74, 6) is 0.226. The summed E-state index contributed by atoms with van der Waals surface area (Å²) in [7, 11) is 0. The fraction of sp³-hybridized carbons (Fsp3) is 0.357. The van der Waals surface area contributed by atoms with Gasteiger partial charge in [0.25, 0.3) is 5.69 Å². The number of nitrogens with one attached hydrogen (secondary N) is 1. The Labute approximate surface area is 116 Å². The number of aromatic nitrogens is 1. The van der Waals surface area contributed by atoms with Gasteiger partial charge in [0.05, 0.1) is 4.92 Å². The summed E-state index contributed by atoms with van der Waals surface area (Å²) in [4.78, 5) is 22.5. The van der Waals surface area contributed by atoms with Gasteiger partial charge in [0.1, 0.15) is 12.1 Å². The maximum atomic E-state index is 11.8. The molecule has 1 aromatic heterocycles. The van der Waals surface area contributed by atoms with Gasteiger partial charge < -0.3 is 9.88 Å². The van der Waals surface area contributed by atoms with Crippen molar-refractivity contribution in [3.63, 3.8) is 0 Å². The Morgan fingerprint density at radius 3 is 2.80 bits per heavy atom. The number of carbonyl (C=O) groups excluding carboxylic acids is 1. The molecule has 1 aromatic carbocycles. The lowest BCUT2D eigenvalue weighted by Crippen LogP contribution is -2.30. The number of nitro benzene ring substituents is 1. The zero-order chi connectivity index (χ0) is 14.7. The van der Waals surface area contributed by atoms with Crippen LogP contribution in [0.25, 0.3) is 10.9 Å². The SMILES string of the molecule is CC(C)CNC(=O)Cn1ccc2cccc([N+](=O)[O-])c21. The van der Waals surface area contributed by atoms with E-state index in [9.17, 15) is 14.9 Å². The van der Waals surface area contributed by atoms with E-state index in [1.165, 1.54) is 6.07 Å². The molecule has 0 aliphatic heterocycles. The molecular formula is C14H17N3O3. The summed E-state index contributed by atoms with van der Waals surface area (Å²) >= 11 is 0. The highest BCUT2D eigenvalue weighted by molar-refractivity contribution is 5.90. The van der Waals surface area contributed by atoms with Gasteiger partial charge >= 0.3 is 0 Å². The number of fused-ring (bicyclic) bond motifs is 1. The molecule has 2 aromatic rings. The van der Waals surface area contributed by atoms with E-state index in [2.05, 4.69) is 5.32 Å². The molecule has 0 fully saturated rings. The van der Waals surface area contributed by atoms with E-state index < -0.39 is 4.92 Å². The summed E-state index contributed by atoms with van der Waals surface area (Å²) in [6.45, 7) is 4.70. The first-order valence-electron chi connectivity index (χ1n) is 6.48. The van der Waals surface area contributed by atoms with Crippen molar-refractivity contribution in [2.45, 2.75) is 20.4 Å². The van der Waals surface area contributed by atoms with Crippen molar-refractivity contribution < 1.29 is 9.72 Å². The molecule has 0 atom stereocenters. The van der Waals surface area contributed by atoms with E-state index in [0.29, 0.717) is 18.0 Å². The Balaban J connectivity index is 2.26. The van der Waals surface area contributed by atoms with E-state index in [1.807, 2.05) is 13.8 Å². The molecule has 2 rings (SSSR count). The van der Waals surface area contributed by atoms with Crippen molar-refractivity contribution in [2.75, 3.05) is 6.54 Å². The summed E-state index contributed by atoms with van der Waals surface area (Å²) < 4.78 is 1.61. The second-order valence-corrected chi connectivity index (χ2v) is 5.11. The van der Waals surface area contributed by atoms with Gasteiger partial charge in [0.2, 0.25) is 5.91 Å². The van der Waals surface area contributed by atoms with Crippen molar-refractivity contribution in [3.05, 3.63) is 40.6 Å². The van der Waals surface area contributed by atoms with Crippen LogP contribution in [-0.4, -0.2) is 21.9 Å². The summed E-state index contributed by atoms with van der Waals surface area (Å²) in [6, 6.07) is 6.66. The fourth-order valence-electron chi connectivity index (χ4n) is 2.05. The minimum atomic E-state index is -0.426. The Bertz CT molecular complexity index is 646. The third-order valence-electron chi connectivity index (χ3n) is 2.99. The molecule has 1 N–H and O–H groups in total. The molecule has 0 bridgehead atoms. The first-order valence-corrected chi connectivity index (χ1v) is 6.48. The van der Waals surface area contributed by atoms with E-state index in [1.54, 1.807) is 29.0 Å². The van der Waals surface area contributed by atoms with Crippen LogP contribution in [0.2, 0.25) is 0 Å². The fourth-order valence-corrected chi connectivity index (χ4v) is 2.05. The minimum absolute atomic E-state index is 0.0177. The van der Waals surface area contributed by atoms with Crippen molar-refractivity contribution in [2.24, 2.45) is 5.92 Å². The van der Waals surface area contributed by atoms with Gasteiger partial charge in [-0.1, -0.05) is 26.0 Å². The molecule has 0 saturated carbocycles. The Kier molecular flexibility index (Phi) is 4.02. The van der Waals surface area contributed by atoms with Gasteiger partial charge in [-0.3, -0.25) is 14.9 Å². The molecule has 20 heavy (non-hydrogen) atoms. The molecule has 6 heteroatoms. The van der Waals surface area contributed by atoms with Crippen LogP contribution in [0.15, 0.2) is 30.5 Å². The maximum Gasteiger partial charge on any atom is 0.293 e. The molecule has 0 radical (unpaired) electrons. The molecule has 106 valence electrons. The highest BCUT2D eigenvalue weighted by atomic mass is 16.6. The predicted octanol–water partition coefficient (Wildman–Crippen LogP) is 2.32. The van der Waals surface area contributed by atoms with Gasteiger partial charge in [-0.05, 0) is 12.0 Å². The molecule has 0 spiro atoms. The van der Waals surface area contributed by atoms with Crippen LogP contribution in [0.5, 0.6) is 0 Å². The van der Waals surface area contributed by atoms with E-state index >= 15 is 0 Å². The standard InChI is InChI=1S/C14H17N3O3/c1-10(2)8-15-13(18)9-16-7-6-11-4-3-5-12(14(11)16)17(19)20/h3-7,10H,8-9H2,1-2H3,(H,15,18). The number of hydrogen-bond acceptors (Lipinski definition) is 3. The lowest BCUT2D eigenvalue weighted by Gasteiger charge is -2.09. The number of benzene rings is 1. The third-order valence-corrected chi connectivity index (χ3v) is 2.99. The highest BCUT2D eigenvalue weighted by Gasteiger charge is 2.16. The van der Waals surface area contributed by atoms with Crippen molar-refractivity contribution in [3.8, 4) is 0 Å². The molecular weight excluding hydrogens is 258 g/mol. The summed E-state index contributed by atoms with van der Waals surface area (Å²) in [6.07, 6.45) is 1.70. The molecule has 1 amide bonds. The quantitative estimate of drug-likeness (QED) is 0.672. The van der Waals surface area contributed by atoms with Crippen LogP contribution in [0.4, 0.5) is 5.69 Å². The summed E-state index contributed by atoms with van der Waals surface area (Å²) in [5.41, 5.74) is 0.501. The Morgan fingerprint density at radius 1 is 1.40 bits per heavy atom. The van der Waals surface area contributed by atoms with Gasteiger partial charge in [-0.15, -0.1) is 0 Å². The summed E-state index contributed by atoms with van der Waals surface area (Å²) in [5, 5.41) is 14.6.